The molecule has 0 N–H and O–H groups in total. The standard InChI is InChI=1S/C24H20NS2/c1-16-18(15-25)14-20(16)17-10-12-19(13-11-17)27-23-8-4-2-6-21(23)26-22-7-3-5-9-24(22)27/h2,4-6,8-13,20H,3,7,14H2,1H3/q+1. The Bertz CT molecular complexity index is 1050. The van der Waals surface area contributed by atoms with Gasteiger partial charge in [-0.05, 0) is 62.1 Å². The van der Waals surface area contributed by atoms with Crippen LogP contribution in [-0.4, -0.2) is 0 Å². The summed E-state index contributed by atoms with van der Waals surface area (Å²) in [5.74, 6) is 0.426. The number of hydrogen-bond acceptors (Lipinski definition) is 2. The van der Waals surface area contributed by atoms with E-state index in [-0.39, 0.29) is 10.9 Å². The summed E-state index contributed by atoms with van der Waals surface area (Å²) in [6.45, 7) is 2.10. The van der Waals surface area contributed by atoms with Gasteiger partial charge in [-0.3, -0.25) is 0 Å². The van der Waals surface area contributed by atoms with Crippen molar-refractivity contribution in [2.45, 2.75) is 46.8 Å². The fourth-order valence-corrected chi connectivity index (χ4v) is 7.97. The Morgan fingerprint density at radius 1 is 1.11 bits per heavy atom. The van der Waals surface area contributed by atoms with Crippen molar-refractivity contribution in [2.24, 2.45) is 0 Å². The molecule has 0 fully saturated rings. The Hall–Kier alpha value is -2.15. The maximum Gasteiger partial charge on any atom is 0.180 e. The molecule has 2 aliphatic carbocycles. The summed E-state index contributed by atoms with van der Waals surface area (Å²) in [5.41, 5.74) is 3.55. The first-order valence-electron chi connectivity index (χ1n) is 9.37. The molecule has 0 saturated heterocycles. The van der Waals surface area contributed by atoms with Gasteiger partial charge in [-0.2, -0.15) is 5.26 Å². The minimum atomic E-state index is -0.0146. The SMILES string of the molecule is CC1=C(C#N)CC1c1ccc([S+]2C3=C(CCC=C3)Sc3ccccc32)cc1. The summed E-state index contributed by atoms with van der Waals surface area (Å²) in [4.78, 5) is 7.30. The second-order valence-electron chi connectivity index (χ2n) is 7.18. The van der Waals surface area contributed by atoms with Crippen molar-refractivity contribution in [3.63, 3.8) is 0 Å². The third-order valence-corrected chi connectivity index (χ3v) is 9.53. The zero-order valence-corrected chi connectivity index (χ0v) is 16.9. The molecule has 2 aromatic rings. The highest BCUT2D eigenvalue weighted by Crippen LogP contribution is 2.50. The van der Waals surface area contributed by atoms with Gasteiger partial charge in [-0.15, -0.1) is 0 Å². The van der Waals surface area contributed by atoms with Crippen molar-refractivity contribution in [3.8, 4) is 6.07 Å². The molecule has 2 atom stereocenters. The van der Waals surface area contributed by atoms with Crippen molar-refractivity contribution in [3.05, 3.63) is 87.2 Å². The van der Waals surface area contributed by atoms with Crippen LogP contribution >= 0.6 is 11.8 Å². The number of benzene rings is 2. The third kappa shape index (κ3) is 2.79. The van der Waals surface area contributed by atoms with E-state index in [0.29, 0.717) is 5.92 Å². The highest BCUT2D eigenvalue weighted by Gasteiger charge is 2.39. The van der Waals surface area contributed by atoms with Crippen LogP contribution in [0.1, 0.15) is 37.7 Å². The number of allylic oxidation sites excluding steroid dienone is 5. The normalized spacial score (nSPS) is 23.4. The molecule has 0 aromatic heterocycles. The van der Waals surface area contributed by atoms with Crippen molar-refractivity contribution >= 4 is 22.7 Å². The van der Waals surface area contributed by atoms with E-state index >= 15 is 0 Å². The second kappa shape index (κ2) is 6.78. The lowest BCUT2D eigenvalue weighted by Gasteiger charge is -2.28. The van der Waals surface area contributed by atoms with E-state index in [1.54, 1.807) is 4.91 Å². The molecule has 1 heterocycles. The maximum atomic E-state index is 9.12. The van der Waals surface area contributed by atoms with Crippen molar-refractivity contribution in [2.75, 3.05) is 0 Å². The first-order chi connectivity index (χ1) is 13.3. The quantitative estimate of drug-likeness (QED) is 0.535. The fraction of sp³-hybridized carbons (Fsp3) is 0.208. The molecule has 1 aliphatic heterocycles. The number of thioether (sulfide) groups is 1. The van der Waals surface area contributed by atoms with Gasteiger partial charge in [0.2, 0.25) is 0 Å². The Morgan fingerprint density at radius 2 is 1.93 bits per heavy atom. The lowest BCUT2D eigenvalue weighted by atomic mass is 9.75. The van der Waals surface area contributed by atoms with Gasteiger partial charge >= 0.3 is 0 Å². The minimum Gasteiger partial charge on any atom is -0.193 e. The Morgan fingerprint density at radius 3 is 2.70 bits per heavy atom. The van der Waals surface area contributed by atoms with Gasteiger partial charge < -0.3 is 0 Å². The summed E-state index contributed by atoms with van der Waals surface area (Å²) in [7, 11) is -0.0146. The Kier molecular flexibility index (Phi) is 4.27. The van der Waals surface area contributed by atoms with Gasteiger partial charge in [0.1, 0.15) is 10.9 Å². The fourth-order valence-electron chi connectivity index (χ4n) is 4.05. The predicted octanol–water partition coefficient (Wildman–Crippen LogP) is 6.72. The first-order valence-corrected chi connectivity index (χ1v) is 11.4. The molecule has 27 heavy (non-hydrogen) atoms. The smallest absolute Gasteiger partial charge is 0.180 e. The van der Waals surface area contributed by atoms with E-state index in [0.717, 1.165) is 24.8 Å². The van der Waals surface area contributed by atoms with Gasteiger partial charge in [0, 0.05) is 16.4 Å². The highest BCUT2D eigenvalue weighted by atomic mass is 32.2. The van der Waals surface area contributed by atoms with Crippen molar-refractivity contribution in [1.29, 1.82) is 5.26 Å². The van der Waals surface area contributed by atoms with Gasteiger partial charge in [0.05, 0.1) is 11.0 Å². The molecule has 3 heteroatoms. The van der Waals surface area contributed by atoms with Gasteiger partial charge in [-0.1, -0.05) is 47.7 Å². The number of nitrogens with zero attached hydrogens (tertiary/aromatic N) is 1. The lowest BCUT2D eigenvalue weighted by Crippen LogP contribution is -2.15. The predicted molar refractivity (Wildman–Crippen MR) is 114 cm³/mol. The van der Waals surface area contributed by atoms with Crippen molar-refractivity contribution < 1.29 is 0 Å². The Balaban J connectivity index is 1.54. The number of fused-ring (bicyclic) bond motifs is 1. The van der Waals surface area contributed by atoms with E-state index in [1.807, 2.05) is 11.8 Å². The molecule has 2 unspecified atom stereocenters. The largest absolute Gasteiger partial charge is 0.193 e. The minimum absolute atomic E-state index is 0.0146. The van der Waals surface area contributed by atoms with Crippen LogP contribution in [0.15, 0.2) is 96.3 Å². The van der Waals surface area contributed by atoms with Crippen LogP contribution in [0.4, 0.5) is 0 Å². The zero-order chi connectivity index (χ0) is 18.4. The molecule has 3 aliphatic rings. The van der Waals surface area contributed by atoms with Crippen LogP contribution in [0.3, 0.4) is 0 Å². The van der Waals surface area contributed by atoms with Crippen molar-refractivity contribution in [1.82, 2.24) is 0 Å². The maximum absolute atomic E-state index is 9.12. The van der Waals surface area contributed by atoms with Crippen LogP contribution in [-0.2, 0) is 10.9 Å². The Labute approximate surface area is 167 Å². The monoisotopic (exact) mass is 386 g/mol. The van der Waals surface area contributed by atoms with Gasteiger partial charge in [0.25, 0.3) is 0 Å². The molecular formula is C24H20NS2+. The van der Waals surface area contributed by atoms with E-state index in [4.69, 9.17) is 5.26 Å². The summed E-state index contributed by atoms with van der Waals surface area (Å²) in [6.07, 6.45) is 7.89. The van der Waals surface area contributed by atoms with Crippen LogP contribution in [0, 0.1) is 11.3 Å². The molecule has 0 saturated carbocycles. The van der Waals surface area contributed by atoms with Crippen LogP contribution in [0.5, 0.6) is 0 Å². The highest BCUT2D eigenvalue weighted by molar-refractivity contribution is 8.08. The van der Waals surface area contributed by atoms with Crippen LogP contribution < -0.4 is 0 Å². The number of rotatable bonds is 2. The molecule has 132 valence electrons. The van der Waals surface area contributed by atoms with Gasteiger partial charge in [-0.25, -0.2) is 0 Å². The molecule has 0 amide bonds. The van der Waals surface area contributed by atoms with E-state index in [2.05, 4.69) is 73.7 Å². The molecule has 2 aromatic carbocycles. The summed E-state index contributed by atoms with van der Waals surface area (Å²) < 4.78 is 0. The van der Waals surface area contributed by atoms with E-state index in [9.17, 15) is 0 Å². The van der Waals surface area contributed by atoms with Crippen LogP contribution in [0.25, 0.3) is 0 Å². The molecule has 0 spiro atoms. The van der Waals surface area contributed by atoms with E-state index < -0.39 is 0 Å². The molecular weight excluding hydrogens is 366 g/mol. The van der Waals surface area contributed by atoms with Crippen LogP contribution in [0.2, 0.25) is 0 Å². The topological polar surface area (TPSA) is 23.8 Å². The first kappa shape index (κ1) is 17.0. The second-order valence-corrected chi connectivity index (χ2v) is 10.3. The molecule has 5 rings (SSSR count). The van der Waals surface area contributed by atoms with Gasteiger partial charge in [0.15, 0.2) is 14.7 Å². The lowest BCUT2D eigenvalue weighted by molar-refractivity contribution is 0.698. The average molecular weight is 387 g/mol. The molecule has 1 nitrogen and oxygen atoms in total. The number of hydrogen-bond donors (Lipinski definition) is 0. The summed E-state index contributed by atoms with van der Waals surface area (Å²) in [6, 6.07) is 20.4. The zero-order valence-electron chi connectivity index (χ0n) is 15.2. The summed E-state index contributed by atoms with van der Waals surface area (Å²) in [5, 5.41) is 9.12. The summed E-state index contributed by atoms with van der Waals surface area (Å²) >= 11 is 1.96. The average Bonchev–Trinajstić information content (AvgIpc) is 2.72. The molecule has 0 bridgehead atoms. The van der Waals surface area contributed by atoms with E-state index in [1.165, 1.54) is 30.7 Å². The number of nitriles is 1. The third-order valence-electron chi connectivity index (χ3n) is 5.66. The molecule has 0 radical (unpaired) electrons.